The third-order valence-electron chi connectivity index (χ3n) is 7.29. The number of nitrogens with zero attached hydrogens (tertiary/aromatic N) is 2. The van der Waals surface area contributed by atoms with E-state index in [-0.39, 0.29) is 35.5 Å². The number of hydrogen-bond acceptors (Lipinski definition) is 4. The van der Waals surface area contributed by atoms with E-state index < -0.39 is 6.09 Å². The van der Waals surface area contributed by atoms with Crippen LogP contribution in [-0.2, 0) is 14.3 Å². The monoisotopic (exact) mass is 477 g/mol. The molecule has 1 aromatic rings. The number of carboxylic acid groups (broad SMARTS) is 1. The fourth-order valence-corrected chi connectivity index (χ4v) is 5.50. The van der Waals surface area contributed by atoms with Crippen LogP contribution in [0, 0.1) is 17.8 Å². The number of carbonyl (C=O) groups excluding carboxylic acids is 2. The summed E-state index contributed by atoms with van der Waals surface area (Å²) < 4.78 is 5.36. The number of likely N-dealkylation sites (tertiary alicyclic amines) is 2. The number of carbonyl (C=O) groups is 3. The van der Waals surface area contributed by atoms with Gasteiger partial charge in [-0.2, -0.15) is 0 Å². The van der Waals surface area contributed by atoms with Gasteiger partial charge in [-0.1, -0.05) is 23.7 Å². The van der Waals surface area contributed by atoms with E-state index in [1.165, 1.54) is 0 Å². The van der Waals surface area contributed by atoms with Crippen LogP contribution in [0.5, 0.6) is 0 Å². The molecule has 180 valence electrons. The Morgan fingerprint density at radius 1 is 0.939 bits per heavy atom. The molecular weight excluding hydrogens is 446 g/mol. The van der Waals surface area contributed by atoms with E-state index in [4.69, 9.17) is 21.4 Å². The average molecular weight is 478 g/mol. The normalized spacial score (nSPS) is 24.6. The summed E-state index contributed by atoms with van der Waals surface area (Å²) >= 11 is 6.03. The Bertz CT molecular complexity index is 850. The molecule has 0 unspecified atom stereocenters. The predicted molar refractivity (Wildman–Crippen MR) is 123 cm³/mol. The summed E-state index contributed by atoms with van der Waals surface area (Å²) in [6.45, 7) is 3.90. The van der Waals surface area contributed by atoms with Crippen molar-refractivity contribution in [3.05, 3.63) is 34.9 Å². The molecule has 3 saturated heterocycles. The van der Waals surface area contributed by atoms with E-state index in [1.807, 2.05) is 34.1 Å². The van der Waals surface area contributed by atoms with Crippen LogP contribution >= 0.6 is 11.6 Å². The summed E-state index contributed by atoms with van der Waals surface area (Å²) in [7, 11) is 0. The summed E-state index contributed by atoms with van der Waals surface area (Å²) in [5.41, 5.74) is 1.06. The van der Waals surface area contributed by atoms with Crippen LogP contribution in [0.3, 0.4) is 0 Å². The minimum atomic E-state index is -1.06. The van der Waals surface area contributed by atoms with Crippen molar-refractivity contribution in [2.24, 2.45) is 17.8 Å². The van der Waals surface area contributed by atoms with E-state index in [9.17, 15) is 14.4 Å². The minimum Gasteiger partial charge on any atom is -0.465 e. The van der Waals surface area contributed by atoms with Gasteiger partial charge >= 0.3 is 6.09 Å². The number of rotatable bonds is 5. The molecule has 0 bridgehead atoms. The smallest absolute Gasteiger partial charge is 0.404 e. The van der Waals surface area contributed by atoms with Gasteiger partial charge in [-0.15, -0.1) is 0 Å². The van der Waals surface area contributed by atoms with Crippen molar-refractivity contribution < 1.29 is 24.2 Å². The molecule has 0 aromatic heterocycles. The van der Waals surface area contributed by atoms with Crippen molar-refractivity contribution >= 4 is 29.5 Å². The van der Waals surface area contributed by atoms with Gasteiger partial charge in [0, 0.05) is 74.6 Å². The zero-order valence-corrected chi connectivity index (χ0v) is 19.5. The third kappa shape index (κ3) is 5.79. The minimum absolute atomic E-state index is 0.00131. The summed E-state index contributed by atoms with van der Waals surface area (Å²) in [5, 5.41) is 12.2. The van der Waals surface area contributed by atoms with Crippen LogP contribution in [0.25, 0.3) is 0 Å². The van der Waals surface area contributed by atoms with Gasteiger partial charge in [-0.3, -0.25) is 9.59 Å². The maximum Gasteiger partial charge on any atom is 0.404 e. The van der Waals surface area contributed by atoms with Gasteiger partial charge in [0.1, 0.15) is 0 Å². The fourth-order valence-electron chi connectivity index (χ4n) is 5.37. The van der Waals surface area contributed by atoms with Crippen LogP contribution in [0.1, 0.15) is 37.2 Å². The van der Waals surface area contributed by atoms with Gasteiger partial charge in [-0.25, -0.2) is 4.79 Å². The first kappa shape index (κ1) is 23.8. The number of benzene rings is 1. The van der Waals surface area contributed by atoms with Gasteiger partial charge in [0.05, 0.1) is 0 Å². The second-order valence-corrected chi connectivity index (χ2v) is 9.77. The Morgan fingerprint density at radius 3 is 2.18 bits per heavy atom. The van der Waals surface area contributed by atoms with Crippen LogP contribution in [0.15, 0.2) is 24.3 Å². The molecule has 3 aliphatic heterocycles. The van der Waals surface area contributed by atoms with Crippen LogP contribution < -0.4 is 5.32 Å². The van der Waals surface area contributed by atoms with E-state index >= 15 is 0 Å². The molecule has 3 fully saturated rings. The lowest BCUT2D eigenvalue weighted by Crippen LogP contribution is -2.46. The Labute approximate surface area is 199 Å². The first-order chi connectivity index (χ1) is 15.9. The standard InChI is InChI=1S/C24H32ClN3O5/c25-20-3-1-16(2-4-20)21-15-28(14-19(21)13-26-24(31)32)23(30)17-5-9-27(10-6-17)22(29)18-7-11-33-12-8-18/h1-4,17-19,21,26H,5-15H2,(H,31,32)/t19-,21-/m0/s1. The van der Waals surface area contributed by atoms with Crippen LogP contribution in [-0.4, -0.2) is 78.8 Å². The molecule has 0 spiro atoms. The van der Waals surface area contributed by atoms with Gasteiger partial charge in [-0.05, 0) is 43.4 Å². The Kier molecular flexibility index (Phi) is 7.75. The Morgan fingerprint density at radius 2 is 1.55 bits per heavy atom. The molecule has 9 heteroatoms. The molecule has 1 aromatic carbocycles. The first-order valence-electron chi connectivity index (χ1n) is 11.8. The maximum atomic E-state index is 13.3. The maximum absolute atomic E-state index is 13.3. The number of nitrogens with one attached hydrogen (secondary N) is 1. The zero-order valence-electron chi connectivity index (χ0n) is 18.7. The molecule has 0 radical (unpaired) electrons. The van der Waals surface area contributed by atoms with E-state index in [0.717, 1.165) is 18.4 Å². The highest BCUT2D eigenvalue weighted by molar-refractivity contribution is 6.30. The van der Waals surface area contributed by atoms with Crippen LogP contribution in [0.4, 0.5) is 4.79 Å². The Balaban J connectivity index is 1.36. The summed E-state index contributed by atoms with van der Waals surface area (Å²) in [6.07, 6.45) is 1.85. The molecule has 33 heavy (non-hydrogen) atoms. The molecule has 3 aliphatic rings. The second-order valence-electron chi connectivity index (χ2n) is 9.33. The summed E-state index contributed by atoms with van der Waals surface area (Å²) in [6, 6.07) is 7.56. The molecular formula is C24H32ClN3O5. The van der Waals surface area contributed by atoms with E-state index in [2.05, 4.69) is 5.32 Å². The number of piperidine rings is 1. The van der Waals surface area contributed by atoms with Crippen molar-refractivity contribution in [2.75, 3.05) is 45.9 Å². The molecule has 8 nitrogen and oxygen atoms in total. The molecule has 2 atom stereocenters. The first-order valence-corrected chi connectivity index (χ1v) is 12.2. The van der Waals surface area contributed by atoms with Crippen molar-refractivity contribution in [1.29, 1.82) is 0 Å². The van der Waals surface area contributed by atoms with E-state index in [0.29, 0.717) is 63.8 Å². The molecule has 3 amide bonds. The quantitative estimate of drug-likeness (QED) is 0.679. The fraction of sp³-hybridized carbons (Fsp3) is 0.625. The van der Waals surface area contributed by atoms with Crippen molar-refractivity contribution in [3.63, 3.8) is 0 Å². The van der Waals surface area contributed by atoms with Crippen molar-refractivity contribution in [2.45, 2.75) is 31.6 Å². The van der Waals surface area contributed by atoms with Crippen LogP contribution in [0.2, 0.25) is 5.02 Å². The molecule has 0 saturated carbocycles. The highest BCUT2D eigenvalue weighted by atomic mass is 35.5. The number of hydrogen-bond donors (Lipinski definition) is 2. The highest BCUT2D eigenvalue weighted by Gasteiger charge is 2.40. The molecule has 0 aliphatic carbocycles. The van der Waals surface area contributed by atoms with Crippen molar-refractivity contribution in [1.82, 2.24) is 15.1 Å². The summed E-state index contributed by atoms with van der Waals surface area (Å²) in [5.74, 6) is 0.320. The zero-order chi connectivity index (χ0) is 23.4. The predicted octanol–water partition coefficient (Wildman–Crippen LogP) is 2.81. The molecule has 3 heterocycles. The lowest BCUT2D eigenvalue weighted by Gasteiger charge is -2.35. The SMILES string of the molecule is O=C(O)NC[C@H]1CN(C(=O)C2CCN(C(=O)C3CCOCC3)CC2)C[C@H]1c1ccc(Cl)cc1. The largest absolute Gasteiger partial charge is 0.465 e. The van der Waals surface area contributed by atoms with E-state index in [1.54, 1.807) is 0 Å². The number of halogens is 1. The average Bonchev–Trinajstić information content (AvgIpc) is 3.27. The van der Waals surface area contributed by atoms with Gasteiger partial charge < -0.3 is 25.0 Å². The third-order valence-corrected chi connectivity index (χ3v) is 7.54. The molecule has 2 N–H and O–H groups in total. The van der Waals surface area contributed by atoms with Gasteiger partial charge in [0.2, 0.25) is 11.8 Å². The lowest BCUT2D eigenvalue weighted by molar-refractivity contribution is -0.144. The molecule has 4 rings (SSSR count). The number of amides is 3. The highest BCUT2D eigenvalue weighted by Crippen LogP contribution is 2.35. The van der Waals surface area contributed by atoms with Gasteiger partial charge in [0.15, 0.2) is 0 Å². The summed E-state index contributed by atoms with van der Waals surface area (Å²) in [4.78, 5) is 41.0. The Hall–Kier alpha value is -2.32. The van der Waals surface area contributed by atoms with Crippen molar-refractivity contribution in [3.8, 4) is 0 Å². The second kappa shape index (κ2) is 10.7. The van der Waals surface area contributed by atoms with Gasteiger partial charge in [0.25, 0.3) is 0 Å². The lowest BCUT2D eigenvalue weighted by atomic mass is 9.89. The number of ether oxygens (including phenoxy) is 1. The topological polar surface area (TPSA) is 99.2 Å².